The van der Waals surface area contributed by atoms with Crippen molar-refractivity contribution >= 4 is 46.2 Å². The number of aromatic nitrogens is 2. The van der Waals surface area contributed by atoms with Crippen LogP contribution in [0, 0.1) is 5.82 Å². The van der Waals surface area contributed by atoms with Gasteiger partial charge < -0.3 is 5.32 Å². The number of rotatable bonds is 4. The maximum absolute atomic E-state index is 13.2. The Kier molecular flexibility index (Phi) is 5.81. The summed E-state index contributed by atoms with van der Waals surface area (Å²) < 4.78 is 15.0. The van der Waals surface area contributed by atoms with Crippen molar-refractivity contribution in [3.8, 4) is 16.9 Å². The van der Waals surface area contributed by atoms with Gasteiger partial charge in [0.15, 0.2) is 0 Å². The summed E-state index contributed by atoms with van der Waals surface area (Å²) in [4.78, 5) is 17.3. The Morgan fingerprint density at radius 2 is 1.73 bits per heavy atom. The fourth-order valence-electron chi connectivity index (χ4n) is 3.34. The Labute approximate surface area is 198 Å². The molecule has 1 aliphatic rings. The van der Waals surface area contributed by atoms with Crippen molar-refractivity contribution in [2.75, 3.05) is 0 Å². The molecular weight excluding hydrogens is 459 g/mol. The van der Waals surface area contributed by atoms with E-state index < -0.39 is 0 Å². The van der Waals surface area contributed by atoms with Crippen LogP contribution in [-0.4, -0.2) is 20.9 Å². The van der Waals surface area contributed by atoms with Crippen molar-refractivity contribution in [3.63, 3.8) is 0 Å². The van der Waals surface area contributed by atoms with E-state index in [4.69, 9.17) is 16.7 Å². The van der Waals surface area contributed by atoms with E-state index >= 15 is 0 Å². The summed E-state index contributed by atoms with van der Waals surface area (Å²) in [6.07, 6.45) is 3.78. The van der Waals surface area contributed by atoms with Crippen molar-refractivity contribution in [2.24, 2.45) is 4.99 Å². The Morgan fingerprint density at radius 1 is 1.00 bits per heavy atom. The maximum atomic E-state index is 13.2. The Morgan fingerprint density at radius 3 is 2.45 bits per heavy atom. The minimum Gasteiger partial charge on any atom is -0.300 e. The highest BCUT2D eigenvalue weighted by atomic mass is 35.5. The first-order valence-corrected chi connectivity index (χ1v) is 11.2. The number of benzene rings is 3. The van der Waals surface area contributed by atoms with Crippen molar-refractivity contribution in [2.45, 2.75) is 0 Å². The largest absolute Gasteiger partial charge is 0.300 e. The zero-order valence-electron chi connectivity index (χ0n) is 17.1. The van der Waals surface area contributed by atoms with Crippen LogP contribution in [0.4, 0.5) is 14.9 Å². The van der Waals surface area contributed by atoms with Crippen LogP contribution in [0.25, 0.3) is 23.0 Å². The highest BCUT2D eigenvalue weighted by molar-refractivity contribution is 8.18. The summed E-state index contributed by atoms with van der Waals surface area (Å²) in [5.74, 6) is 0.0617. The predicted octanol–water partition coefficient (Wildman–Crippen LogP) is 6.86. The number of hydrogen-bond donors (Lipinski definition) is 1. The highest BCUT2D eigenvalue weighted by Crippen LogP contribution is 2.32. The van der Waals surface area contributed by atoms with E-state index in [1.165, 1.54) is 12.1 Å². The molecule has 0 atom stereocenters. The van der Waals surface area contributed by atoms with Crippen LogP contribution in [0.5, 0.6) is 0 Å². The number of thioether (sulfide) groups is 1. The number of amidine groups is 1. The molecule has 1 amide bonds. The van der Waals surface area contributed by atoms with E-state index in [-0.39, 0.29) is 11.1 Å². The summed E-state index contributed by atoms with van der Waals surface area (Å²) in [6, 6.07) is 23.0. The molecule has 1 aliphatic heterocycles. The zero-order chi connectivity index (χ0) is 22.8. The van der Waals surface area contributed by atoms with Crippen LogP contribution in [0.1, 0.15) is 5.56 Å². The summed E-state index contributed by atoms with van der Waals surface area (Å²) in [5, 5.41) is 7.96. The third-order valence-corrected chi connectivity index (χ3v) is 5.96. The molecule has 0 saturated carbocycles. The number of carbonyl (C=O) groups is 1. The maximum Gasteiger partial charge on any atom is 0.289 e. The van der Waals surface area contributed by atoms with Crippen LogP contribution in [-0.2, 0) is 0 Å². The van der Waals surface area contributed by atoms with E-state index in [1.54, 1.807) is 16.8 Å². The predicted molar refractivity (Wildman–Crippen MR) is 132 cm³/mol. The molecule has 33 heavy (non-hydrogen) atoms. The summed E-state index contributed by atoms with van der Waals surface area (Å²) in [5.41, 5.74) is 3.89. The SMILES string of the molecule is O=C1NC(=Nc2ccc(F)cc2)C(=Cc2cn(-c3ccccc3)nc2-c2ccc(Cl)cc2)S1. The molecule has 0 aliphatic carbocycles. The van der Waals surface area contributed by atoms with Crippen molar-refractivity contribution < 1.29 is 9.18 Å². The second-order valence-corrected chi connectivity index (χ2v) is 8.63. The van der Waals surface area contributed by atoms with Crippen molar-refractivity contribution in [3.05, 3.63) is 106 Å². The summed E-state index contributed by atoms with van der Waals surface area (Å²) in [7, 11) is 0. The van der Waals surface area contributed by atoms with Crippen LogP contribution in [0.3, 0.4) is 0 Å². The van der Waals surface area contributed by atoms with Gasteiger partial charge in [-0.15, -0.1) is 0 Å². The molecule has 162 valence electrons. The minimum absolute atomic E-state index is 0.231. The normalized spacial score (nSPS) is 15.9. The van der Waals surface area contributed by atoms with Gasteiger partial charge in [-0.3, -0.25) is 4.79 Å². The second kappa shape index (κ2) is 9.05. The van der Waals surface area contributed by atoms with Crippen LogP contribution in [0.2, 0.25) is 5.02 Å². The van der Waals surface area contributed by atoms with Gasteiger partial charge in [-0.1, -0.05) is 41.9 Å². The Hall–Kier alpha value is -3.68. The second-order valence-electron chi connectivity index (χ2n) is 7.18. The quantitative estimate of drug-likeness (QED) is 0.351. The smallest absolute Gasteiger partial charge is 0.289 e. The van der Waals surface area contributed by atoms with Crippen LogP contribution >= 0.6 is 23.4 Å². The number of amides is 1. The van der Waals surface area contributed by atoms with Gasteiger partial charge in [0.1, 0.15) is 11.7 Å². The molecule has 8 heteroatoms. The van der Waals surface area contributed by atoms with Crippen molar-refractivity contribution in [1.29, 1.82) is 0 Å². The molecule has 5 nitrogen and oxygen atoms in total. The number of hydrogen-bond acceptors (Lipinski definition) is 4. The lowest BCUT2D eigenvalue weighted by atomic mass is 10.1. The molecule has 5 rings (SSSR count). The average Bonchev–Trinajstić information content (AvgIpc) is 3.40. The number of para-hydroxylation sites is 1. The minimum atomic E-state index is -0.347. The lowest BCUT2D eigenvalue weighted by Gasteiger charge is -2.02. The fourth-order valence-corrected chi connectivity index (χ4v) is 4.19. The number of aliphatic imine (C=N–C) groups is 1. The van der Waals surface area contributed by atoms with Crippen LogP contribution < -0.4 is 5.32 Å². The first kappa shape index (κ1) is 21.2. The van der Waals surface area contributed by atoms with Gasteiger partial charge >= 0.3 is 0 Å². The molecule has 0 radical (unpaired) electrons. The number of halogens is 2. The van der Waals surface area contributed by atoms with E-state index in [0.717, 1.165) is 34.3 Å². The lowest BCUT2D eigenvalue weighted by molar-refractivity contribution is 0.265. The van der Waals surface area contributed by atoms with Gasteiger partial charge in [0, 0.05) is 22.3 Å². The van der Waals surface area contributed by atoms with Gasteiger partial charge in [-0.25, -0.2) is 14.1 Å². The van der Waals surface area contributed by atoms with E-state index in [1.807, 2.05) is 66.9 Å². The molecule has 1 saturated heterocycles. The molecule has 1 aromatic heterocycles. The van der Waals surface area contributed by atoms with E-state index in [9.17, 15) is 9.18 Å². The molecule has 0 unspecified atom stereocenters. The van der Waals surface area contributed by atoms with Gasteiger partial charge in [0.05, 0.1) is 22.0 Å². The number of nitrogens with one attached hydrogen (secondary N) is 1. The zero-order valence-corrected chi connectivity index (χ0v) is 18.6. The number of carbonyl (C=O) groups excluding carboxylic acids is 1. The fraction of sp³-hybridized carbons (Fsp3) is 0. The topological polar surface area (TPSA) is 59.3 Å². The molecule has 2 heterocycles. The van der Waals surface area contributed by atoms with Crippen LogP contribution in [0.15, 0.2) is 95.0 Å². The van der Waals surface area contributed by atoms with E-state index in [2.05, 4.69) is 10.3 Å². The molecule has 0 spiro atoms. The molecule has 1 N–H and O–H groups in total. The Balaban J connectivity index is 1.60. The molecule has 1 fully saturated rings. The average molecular weight is 475 g/mol. The first-order valence-electron chi connectivity index (χ1n) is 10.0. The first-order chi connectivity index (χ1) is 16.0. The van der Waals surface area contributed by atoms with Crippen molar-refractivity contribution in [1.82, 2.24) is 15.1 Å². The molecule has 3 aromatic carbocycles. The summed E-state index contributed by atoms with van der Waals surface area (Å²) in [6.45, 7) is 0. The third-order valence-electron chi connectivity index (χ3n) is 4.89. The Bertz CT molecular complexity index is 1380. The molecular formula is C25H16ClFN4OS. The monoisotopic (exact) mass is 474 g/mol. The molecule has 4 aromatic rings. The van der Waals surface area contributed by atoms with E-state index in [0.29, 0.717) is 21.5 Å². The lowest BCUT2D eigenvalue weighted by Crippen LogP contribution is -2.18. The van der Waals surface area contributed by atoms with Gasteiger partial charge in [0.25, 0.3) is 5.24 Å². The summed E-state index contributed by atoms with van der Waals surface area (Å²) >= 11 is 7.12. The molecule has 0 bridgehead atoms. The standard InChI is InChI=1S/C25H16ClFN4OS/c26-18-8-6-16(7-9-18)23-17(15-31(30-23)21-4-2-1-3-5-21)14-22-24(29-25(32)33-22)28-20-12-10-19(27)11-13-20/h1-15H,(H,28,29,32). The van der Waals surface area contributed by atoms with Gasteiger partial charge in [0.2, 0.25) is 0 Å². The van der Waals surface area contributed by atoms with Gasteiger partial charge in [-0.2, -0.15) is 5.10 Å². The highest BCUT2D eigenvalue weighted by Gasteiger charge is 2.25. The number of nitrogens with zero attached hydrogens (tertiary/aromatic N) is 3. The third kappa shape index (κ3) is 4.74. The van der Waals surface area contributed by atoms with Gasteiger partial charge in [-0.05, 0) is 66.4 Å².